The van der Waals surface area contributed by atoms with Gasteiger partial charge in [-0.3, -0.25) is 0 Å². The molecule has 0 bridgehead atoms. The average Bonchev–Trinajstić information content (AvgIpc) is 2.34. The molecule has 2 N–H and O–H groups in total. The van der Waals surface area contributed by atoms with Crippen LogP contribution in [0.2, 0.25) is 0 Å². The SMILES string of the molecule is CNCCCCNCC(C)(C)c1ccc(Br)cc1. The highest BCUT2D eigenvalue weighted by molar-refractivity contribution is 9.10. The highest BCUT2D eigenvalue weighted by atomic mass is 79.9. The minimum absolute atomic E-state index is 0.184. The summed E-state index contributed by atoms with van der Waals surface area (Å²) in [5.41, 5.74) is 1.57. The zero-order valence-corrected chi connectivity index (χ0v) is 13.3. The van der Waals surface area contributed by atoms with Crippen LogP contribution in [0.5, 0.6) is 0 Å². The van der Waals surface area contributed by atoms with E-state index in [-0.39, 0.29) is 5.41 Å². The van der Waals surface area contributed by atoms with E-state index in [1.807, 2.05) is 7.05 Å². The fraction of sp³-hybridized carbons (Fsp3) is 0.600. The summed E-state index contributed by atoms with van der Waals surface area (Å²) >= 11 is 3.48. The van der Waals surface area contributed by atoms with Crippen molar-refractivity contribution in [3.8, 4) is 0 Å². The molecule has 1 aromatic carbocycles. The van der Waals surface area contributed by atoms with Gasteiger partial charge in [-0.05, 0) is 50.7 Å². The Balaban J connectivity index is 2.33. The van der Waals surface area contributed by atoms with Crippen LogP contribution in [0.15, 0.2) is 28.7 Å². The van der Waals surface area contributed by atoms with E-state index in [4.69, 9.17) is 0 Å². The molecule has 3 heteroatoms. The third-order valence-electron chi connectivity index (χ3n) is 3.22. The van der Waals surface area contributed by atoms with E-state index in [1.54, 1.807) is 0 Å². The Kier molecular flexibility index (Phi) is 6.90. The summed E-state index contributed by atoms with van der Waals surface area (Å²) < 4.78 is 1.14. The molecule has 18 heavy (non-hydrogen) atoms. The van der Waals surface area contributed by atoms with Crippen LogP contribution in [-0.2, 0) is 5.41 Å². The molecule has 0 saturated carbocycles. The predicted octanol–water partition coefficient (Wildman–Crippen LogP) is 3.32. The molecule has 0 spiro atoms. The summed E-state index contributed by atoms with van der Waals surface area (Å²) in [4.78, 5) is 0. The number of hydrogen-bond donors (Lipinski definition) is 2. The Morgan fingerprint density at radius 1 is 1.06 bits per heavy atom. The number of rotatable bonds is 8. The summed E-state index contributed by atoms with van der Waals surface area (Å²) in [5, 5.41) is 6.73. The number of nitrogens with one attached hydrogen (secondary N) is 2. The maximum Gasteiger partial charge on any atom is 0.0175 e. The first-order valence-corrected chi connectivity index (χ1v) is 7.47. The molecule has 1 aromatic rings. The van der Waals surface area contributed by atoms with E-state index in [1.165, 1.54) is 18.4 Å². The van der Waals surface area contributed by atoms with Crippen molar-refractivity contribution in [1.82, 2.24) is 10.6 Å². The van der Waals surface area contributed by atoms with Gasteiger partial charge >= 0.3 is 0 Å². The van der Waals surface area contributed by atoms with Crippen LogP contribution >= 0.6 is 15.9 Å². The molecule has 0 aliphatic heterocycles. The molecule has 0 aromatic heterocycles. The molecule has 102 valence electrons. The van der Waals surface area contributed by atoms with E-state index >= 15 is 0 Å². The van der Waals surface area contributed by atoms with Gasteiger partial charge in [0, 0.05) is 16.4 Å². The minimum Gasteiger partial charge on any atom is -0.320 e. The van der Waals surface area contributed by atoms with Crippen LogP contribution in [0.1, 0.15) is 32.3 Å². The van der Waals surface area contributed by atoms with Crippen molar-refractivity contribution >= 4 is 15.9 Å². The summed E-state index contributed by atoms with van der Waals surface area (Å²) in [6.45, 7) is 7.81. The van der Waals surface area contributed by atoms with Crippen molar-refractivity contribution in [1.29, 1.82) is 0 Å². The fourth-order valence-corrected chi connectivity index (χ4v) is 2.22. The van der Waals surface area contributed by atoms with Gasteiger partial charge in [-0.1, -0.05) is 41.9 Å². The van der Waals surface area contributed by atoms with E-state index in [0.29, 0.717) is 0 Å². The summed E-state index contributed by atoms with van der Waals surface area (Å²) in [7, 11) is 2.00. The lowest BCUT2D eigenvalue weighted by Gasteiger charge is -2.26. The Morgan fingerprint density at radius 2 is 1.67 bits per heavy atom. The van der Waals surface area contributed by atoms with Crippen LogP contribution in [-0.4, -0.2) is 26.7 Å². The number of unbranched alkanes of at least 4 members (excludes halogenated alkanes) is 1. The molecule has 0 unspecified atom stereocenters. The van der Waals surface area contributed by atoms with Crippen LogP contribution in [0.25, 0.3) is 0 Å². The summed E-state index contributed by atoms with van der Waals surface area (Å²) in [6, 6.07) is 8.63. The van der Waals surface area contributed by atoms with Gasteiger partial charge in [0.25, 0.3) is 0 Å². The third kappa shape index (κ3) is 5.51. The zero-order chi connectivity index (χ0) is 13.4. The topological polar surface area (TPSA) is 24.1 Å². The zero-order valence-electron chi connectivity index (χ0n) is 11.7. The minimum atomic E-state index is 0.184. The van der Waals surface area contributed by atoms with Gasteiger partial charge in [0.05, 0.1) is 0 Å². The van der Waals surface area contributed by atoms with Crippen molar-refractivity contribution in [3.05, 3.63) is 34.3 Å². The maximum atomic E-state index is 3.56. The largest absolute Gasteiger partial charge is 0.320 e. The van der Waals surface area contributed by atoms with E-state index in [9.17, 15) is 0 Å². The first kappa shape index (κ1) is 15.7. The van der Waals surface area contributed by atoms with Gasteiger partial charge in [0.1, 0.15) is 0 Å². The quantitative estimate of drug-likeness (QED) is 0.720. The molecule has 1 rings (SSSR count). The van der Waals surface area contributed by atoms with E-state index < -0.39 is 0 Å². The first-order chi connectivity index (χ1) is 8.56. The lowest BCUT2D eigenvalue weighted by Crippen LogP contribution is -2.33. The van der Waals surface area contributed by atoms with E-state index in [0.717, 1.165) is 24.1 Å². The molecular weight excluding hydrogens is 288 g/mol. The molecule has 0 heterocycles. The number of hydrogen-bond acceptors (Lipinski definition) is 2. The monoisotopic (exact) mass is 312 g/mol. The van der Waals surface area contributed by atoms with Crippen molar-refractivity contribution in [2.45, 2.75) is 32.1 Å². The Bertz CT molecular complexity index is 333. The average molecular weight is 313 g/mol. The van der Waals surface area contributed by atoms with E-state index in [2.05, 4.69) is 64.7 Å². The Morgan fingerprint density at radius 3 is 2.28 bits per heavy atom. The van der Waals surface area contributed by atoms with Gasteiger partial charge in [0.15, 0.2) is 0 Å². The normalized spacial score (nSPS) is 11.8. The summed E-state index contributed by atoms with van der Waals surface area (Å²) in [6.07, 6.45) is 2.47. The van der Waals surface area contributed by atoms with Crippen molar-refractivity contribution < 1.29 is 0 Å². The molecule has 0 aliphatic rings. The second-order valence-electron chi connectivity index (χ2n) is 5.38. The fourth-order valence-electron chi connectivity index (χ4n) is 1.96. The first-order valence-electron chi connectivity index (χ1n) is 6.67. The molecular formula is C15H25BrN2. The second kappa shape index (κ2) is 7.93. The standard InChI is InChI=1S/C15H25BrN2/c1-15(2,12-18-11-5-4-10-17-3)13-6-8-14(16)9-7-13/h6-9,17-18H,4-5,10-12H2,1-3H3. The van der Waals surface area contributed by atoms with Crippen molar-refractivity contribution in [2.24, 2.45) is 0 Å². The van der Waals surface area contributed by atoms with Crippen LogP contribution in [0.4, 0.5) is 0 Å². The lowest BCUT2D eigenvalue weighted by molar-refractivity contribution is 0.462. The van der Waals surface area contributed by atoms with Crippen LogP contribution in [0.3, 0.4) is 0 Å². The molecule has 0 fully saturated rings. The molecule has 0 aliphatic carbocycles. The van der Waals surface area contributed by atoms with Crippen LogP contribution < -0.4 is 10.6 Å². The smallest absolute Gasteiger partial charge is 0.0175 e. The van der Waals surface area contributed by atoms with Crippen LogP contribution in [0, 0.1) is 0 Å². The van der Waals surface area contributed by atoms with Gasteiger partial charge in [-0.15, -0.1) is 0 Å². The molecule has 0 saturated heterocycles. The van der Waals surface area contributed by atoms with Gasteiger partial charge in [0.2, 0.25) is 0 Å². The Hall–Kier alpha value is -0.380. The van der Waals surface area contributed by atoms with Gasteiger partial charge in [-0.25, -0.2) is 0 Å². The molecule has 0 amide bonds. The van der Waals surface area contributed by atoms with Crippen molar-refractivity contribution in [2.75, 3.05) is 26.7 Å². The number of benzene rings is 1. The predicted molar refractivity (Wildman–Crippen MR) is 83.2 cm³/mol. The third-order valence-corrected chi connectivity index (χ3v) is 3.75. The highest BCUT2D eigenvalue weighted by Crippen LogP contribution is 2.23. The molecule has 0 radical (unpaired) electrons. The molecule has 2 nitrogen and oxygen atoms in total. The van der Waals surface area contributed by atoms with Crippen molar-refractivity contribution in [3.63, 3.8) is 0 Å². The summed E-state index contributed by atoms with van der Waals surface area (Å²) in [5.74, 6) is 0. The molecule has 0 atom stereocenters. The number of halogens is 1. The highest BCUT2D eigenvalue weighted by Gasteiger charge is 2.19. The Labute approximate surface area is 120 Å². The second-order valence-corrected chi connectivity index (χ2v) is 6.29. The van der Waals surface area contributed by atoms with Gasteiger partial charge < -0.3 is 10.6 Å². The lowest BCUT2D eigenvalue weighted by atomic mass is 9.84. The van der Waals surface area contributed by atoms with Gasteiger partial charge in [-0.2, -0.15) is 0 Å². The maximum absolute atomic E-state index is 3.56.